The standard InChI is InChI=1S/C22H27N9O/c1-3-31-20(13-8-24-12(2)25-9-13)29-18-19(26-11-27-21(18)31)28-14-5-7-30(10-14)22(32)16-15-4-6-23-17(15)16/h8-9,11,14-17,23H,3-7,10H2,1-2H3,(H,26,27,28)/t14-,15?,16?,17?/m0/s1. The van der Waals surface area contributed by atoms with Gasteiger partial charge in [-0.15, -0.1) is 0 Å². The van der Waals surface area contributed by atoms with Crippen molar-refractivity contribution < 1.29 is 4.79 Å². The van der Waals surface area contributed by atoms with Crippen molar-refractivity contribution in [2.75, 3.05) is 25.0 Å². The fourth-order valence-corrected chi connectivity index (χ4v) is 5.32. The molecule has 3 aliphatic rings. The highest BCUT2D eigenvalue weighted by atomic mass is 16.2. The molecule has 166 valence electrons. The zero-order valence-corrected chi connectivity index (χ0v) is 18.3. The normalized spacial score (nSPS) is 26.5. The highest BCUT2D eigenvalue weighted by Crippen LogP contribution is 2.46. The van der Waals surface area contributed by atoms with Gasteiger partial charge in [-0.05, 0) is 39.2 Å². The average molecular weight is 434 g/mol. The summed E-state index contributed by atoms with van der Waals surface area (Å²) >= 11 is 0. The van der Waals surface area contributed by atoms with Gasteiger partial charge in [-0.25, -0.2) is 24.9 Å². The summed E-state index contributed by atoms with van der Waals surface area (Å²) in [6, 6.07) is 0.569. The molecule has 3 fully saturated rings. The van der Waals surface area contributed by atoms with E-state index in [9.17, 15) is 4.79 Å². The van der Waals surface area contributed by atoms with Gasteiger partial charge >= 0.3 is 0 Å². The maximum atomic E-state index is 12.9. The van der Waals surface area contributed by atoms with E-state index in [0.717, 1.165) is 60.9 Å². The molecule has 1 aliphatic carbocycles. The third-order valence-electron chi connectivity index (χ3n) is 7.04. The van der Waals surface area contributed by atoms with Crippen molar-refractivity contribution in [3.63, 3.8) is 0 Å². The topological polar surface area (TPSA) is 114 Å². The molecule has 2 saturated heterocycles. The molecule has 0 spiro atoms. The van der Waals surface area contributed by atoms with E-state index in [0.29, 0.717) is 30.2 Å². The molecule has 3 aromatic heterocycles. The monoisotopic (exact) mass is 433 g/mol. The number of hydrogen-bond acceptors (Lipinski definition) is 8. The molecule has 0 aromatic carbocycles. The molecule has 3 unspecified atom stereocenters. The van der Waals surface area contributed by atoms with Crippen molar-refractivity contribution in [1.29, 1.82) is 0 Å². The molecule has 6 rings (SSSR count). The minimum Gasteiger partial charge on any atom is -0.364 e. The van der Waals surface area contributed by atoms with Crippen LogP contribution in [0.2, 0.25) is 0 Å². The summed E-state index contributed by atoms with van der Waals surface area (Å²) in [7, 11) is 0. The first-order valence-corrected chi connectivity index (χ1v) is 11.4. The van der Waals surface area contributed by atoms with Gasteiger partial charge in [0.2, 0.25) is 5.91 Å². The summed E-state index contributed by atoms with van der Waals surface area (Å²) in [4.78, 5) is 37.4. The summed E-state index contributed by atoms with van der Waals surface area (Å²) < 4.78 is 2.06. The van der Waals surface area contributed by atoms with Gasteiger partial charge in [-0.3, -0.25) is 4.79 Å². The van der Waals surface area contributed by atoms with Crippen molar-refractivity contribution in [3.05, 3.63) is 24.5 Å². The summed E-state index contributed by atoms with van der Waals surface area (Å²) in [5, 5.41) is 6.99. The number of aryl methyl sites for hydroxylation is 2. The van der Waals surface area contributed by atoms with Crippen LogP contribution in [0.15, 0.2) is 18.7 Å². The smallest absolute Gasteiger partial charge is 0.227 e. The van der Waals surface area contributed by atoms with Crippen LogP contribution >= 0.6 is 0 Å². The number of carbonyl (C=O) groups excluding carboxylic acids is 1. The minimum atomic E-state index is 0.154. The Morgan fingerprint density at radius 1 is 1.22 bits per heavy atom. The summed E-state index contributed by atoms with van der Waals surface area (Å²) in [6.07, 6.45) is 7.18. The fraction of sp³-hybridized carbons (Fsp3) is 0.545. The number of amides is 1. The zero-order valence-electron chi connectivity index (χ0n) is 18.3. The van der Waals surface area contributed by atoms with E-state index in [1.54, 1.807) is 18.7 Å². The molecular formula is C22H27N9O. The number of likely N-dealkylation sites (tertiary alicyclic amines) is 1. The van der Waals surface area contributed by atoms with Crippen LogP contribution in [0.25, 0.3) is 22.6 Å². The molecule has 4 atom stereocenters. The fourth-order valence-electron chi connectivity index (χ4n) is 5.32. The Balaban J connectivity index is 1.23. The number of anilines is 1. The second kappa shape index (κ2) is 7.47. The summed E-state index contributed by atoms with van der Waals surface area (Å²) in [5.41, 5.74) is 2.36. The Kier molecular flexibility index (Phi) is 4.56. The van der Waals surface area contributed by atoms with Crippen LogP contribution in [0.1, 0.15) is 25.6 Å². The van der Waals surface area contributed by atoms with Crippen molar-refractivity contribution >= 4 is 22.9 Å². The van der Waals surface area contributed by atoms with Crippen LogP contribution < -0.4 is 10.6 Å². The van der Waals surface area contributed by atoms with Crippen LogP contribution in [0.3, 0.4) is 0 Å². The van der Waals surface area contributed by atoms with E-state index in [2.05, 4.69) is 42.1 Å². The Morgan fingerprint density at radius 3 is 2.81 bits per heavy atom. The second-order valence-electron chi connectivity index (χ2n) is 8.97. The quantitative estimate of drug-likeness (QED) is 0.618. The maximum absolute atomic E-state index is 12.9. The zero-order chi connectivity index (χ0) is 21.8. The molecule has 10 nitrogen and oxygen atoms in total. The number of carbonyl (C=O) groups is 1. The number of hydrogen-bond donors (Lipinski definition) is 2. The average Bonchev–Trinajstić information content (AvgIpc) is 3.23. The SMILES string of the molecule is CCn1c(-c2cnc(C)nc2)nc2c(N[C@H]3CCN(C(=O)C4C5CCNC54)C3)ncnc21. The van der Waals surface area contributed by atoms with E-state index >= 15 is 0 Å². The highest BCUT2D eigenvalue weighted by Gasteiger charge is 2.58. The van der Waals surface area contributed by atoms with Crippen molar-refractivity contribution in [3.8, 4) is 11.4 Å². The van der Waals surface area contributed by atoms with Crippen LogP contribution in [-0.2, 0) is 11.3 Å². The number of nitrogens with zero attached hydrogens (tertiary/aromatic N) is 7. The van der Waals surface area contributed by atoms with Gasteiger partial charge in [0.05, 0.1) is 11.5 Å². The van der Waals surface area contributed by atoms with Crippen molar-refractivity contribution in [2.24, 2.45) is 11.8 Å². The lowest BCUT2D eigenvalue weighted by molar-refractivity contribution is -0.132. The number of aromatic nitrogens is 6. The molecule has 10 heteroatoms. The van der Waals surface area contributed by atoms with Crippen LogP contribution in [-0.4, -0.2) is 72.0 Å². The lowest BCUT2D eigenvalue weighted by Crippen LogP contribution is -2.35. The molecule has 5 heterocycles. The molecule has 0 radical (unpaired) electrons. The number of rotatable bonds is 5. The van der Waals surface area contributed by atoms with E-state index < -0.39 is 0 Å². The third-order valence-corrected chi connectivity index (χ3v) is 7.04. The molecule has 1 amide bonds. The van der Waals surface area contributed by atoms with Gasteiger partial charge in [0.25, 0.3) is 0 Å². The minimum absolute atomic E-state index is 0.154. The molecule has 3 aromatic rings. The van der Waals surface area contributed by atoms with E-state index in [1.165, 1.54) is 0 Å². The Labute approximate surface area is 185 Å². The first kappa shape index (κ1) is 19.5. The van der Waals surface area contributed by atoms with Gasteiger partial charge in [0.1, 0.15) is 18.0 Å². The van der Waals surface area contributed by atoms with Gasteiger partial charge in [-0.2, -0.15) is 0 Å². The predicted octanol–water partition coefficient (Wildman–Crippen LogP) is 1.23. The molecular weight excluding hydrogens is 406 g/mol. The second-order valence-corrected chi connectivity index (χ2v) is 8.97. The van der Waals surface area contributed by atoms with Crippen molar-refractivity contribution in [2.45, 2.75) is 45.3 Å². The van der Waals surface area contributed by atoms with Crippen molar-refractivity contribution in [1.82, 2.24) is 39.7 Å². The summed E-state index contributed by atoms with van der Waals surface area (Å²) in [5.74, 6) is 3.26. The number of piperidine rings is 1. The predicted molar refractivity (Wildman–Crippen MR) is 119 cm³/mol. The van der Waals surface area contributed by atoms with E-state index in [1.807, 2.05) is 11.8 Å². The largest absolute Gasteiger partial charge is 0.364 e. The summed E-state index contributed by atoms with van der Waals surface area (Å²) in [6.45, 7) is 7.19. The molecule has 32 heavy (non-hydrogen) atoms. The Morgan fingerprint density at radius 2 is 2.06 bits per heavy atom. The molecule has 1 saturated carbocycles. The van der Waals surface area contributed by atoms with Crippen LogP contribution in [0.5, 0.6) is 0 Å². The van der Waals surface area contributed by atoms with Gasteiger partial charge in [0, 0.05) is 44.1 Å². The first-order chi connectivity index (χ1) is 15.6. The van der Waals surface area contributed by atoms with Crippen LogP contribution in [0, 0.1) is 18.8 Å². The maximum Gasteiger partial charge on any atom is 0.227 e. The lowest BCUT2D eigenvalue weighted by Gasteiger charge is -2.18. The van der Waals surface area contributed by atoms with Gasteiger partial charge in [-0.1, -0.05) is 0 Å². The van der Waals surface area contributed by atoms with E-state index in [4.69, 9.17) is 4.98 Å². The third kappa shape index (κ3) is 3.12. The number of fused-ring (bicyclic) bond motifs is 2. The van der Waals surface area contributed by atoms with Crippen LogP contribution in [0.4, 0.5) is 5.82 Å². The van der Waals surface area contributed by atoms with E-state index in [-0.39, 0.29) is 12.0 Å². The molecule has 0 bridgehead atoms. The van der Waals surface area contributed by atoms with Gasteiger partial charge < -0.3 is 20.1 Å². The Bertz CT molecular complexity index is 1160. The highest BCUT2D eigenvalue weighted by molar-refractivity contribution is 5.87. The molecule has 2 aliphatic heterocycles. The lowest BCUT2D eigenvalue weighted by atomic mass is 10.2. The first-order valence-electron chi connectivity index (χ1n) is 11.4. The number of imidazole rings is 1. The van der Waals surface area contributed by atoms with Gasteiger partial charge in [0.15, 0.2) is 17.0 Å². The number of nitrogens with one attached hydrogen (secondary N) is 2. The molecule has 2 N–H and O–H groups in total. The Hall–Kier alpha value is -3.14.